The van der Waals surface area contributed by atoms with Gasteiger partial charge in [0.2, 0.25) is 5.95 Å². The van der Waals surface area contributed by atoms with Crippen molar-refractivity contribution in [1.29, 1.82) is 0 Å². The minimum absolute atomic E-state index is 0.0767. The monoisotopic (exact) mass is 545 g/mol. The number of nitrogens with two attached hydrogens (primary N) is 1. The lowest BCUT2D eigenvalue weighted by molar-refractivity contribution is -0.149. The summed E-state index contributed by atoms with van der Waals surface area (Å²) < 4.78 is 32.8. The maximum absolute atomic E-state index is 13.8. The Morgan fingerprint density at radius 1 is 1.21 bits per heavy atom. The summed E-state index contributed by atoms with van der Waals surface area (Å²) in [6.45, 7) is 7.37. The van der Waals surface area contributed by atoms with Crippen molar-refractivity contribution in [2.75, 3.05) is 24.7 Å². The van der Waals surface area contributed by atoms with Gasteiger partial charge < -0.3 is 24.9 Å². The molecular formula is C25H36N7O5P. The van der Waals surface area contributed by atoms with E-state index in [9.17, 15) is 9.36 Å². The molecule has 1 saturated carbocycles. The number of anilines is 2. The SMILES string of the molecule is CNc1nc(N)nc2c1ncn2[C@H]1CC[C@@H](CO[P@@](=O)(N[C@@H](C)C(=O)OC(C)C)Oc2ccccc2)[C@@H]1C. The number of benzene rings is 1. The highest BCUT2D eigenvalue weighted by molar-refractivity contribution is 7.52. The summed E-state index contributed by atoms with van der Waals surface area (Å²) in [5, 5.41) is 5.76. The van der Waals surface area contributed by atoms with E-state index < -0.39 is 19.8 Å². The van der Waals surface area contributed by atoms with Gasteiger partial charge in [0.1, 0.15) is 11.8 Å². The van der Waals surface area contributed by atoms with E-state index in [2.05, 4.69) is 32.3 Å². The minimum atomic E-state index is -3.93. The van der Waals surface area contributed by atoms with Gasteiger partial charge in [0.15, 0.2) is 17.0 Å². The van der Waals surface area contributed by atoms with E-state index in [-0.39, 0.29) is 36.5 Å². The number of nitrogens with one attached hydrogen (secondary N) is 2. The Morgan fingerprint density at radius 2 is 1.95 bits per heavy atom. The maximum Gasteiger partial charge on any atom is 0.459 e. The first-order valence-corrected chi connectivity index (χ1v) is 14.3. The smallest absolute Gasteiger partial charge is 0.459 e. The number of esters is 1. The Labute approximate surface area is 222 Å². The number of para-hydroxylation sites is 1. The lowest BCUT2D eigenvalue weighted by Gasteiger charge is -2.26. The molecule has 2 aromatic heterocycles. The van der Waals surface area contributed by atoms with E-state index >= 15 is 0 Å². The van der Waals surface area contributed by atoms with E-state index in [0.29, 0.717) is 22.7 Å². The third-order valence-electron chi connectivity index (χ3n) is 6.70. The normalized spacial score (nSPS) is 21.8. The van der Waals surface area contributed by atoms with Crippen LogP contribution in [0.25, 0.3) is 11.2 Å². The molecule has 4 N–H and O–H groups in total. The molecule has 1 aliphatic rings. The van der Waals surface area contributed by atoms with Crippen LogP contribution in [-0.2, 0) is 18.6 Å². The fraction of sp³-hybridized carbons (Fsp3) is 0.520. The highest BCUT2D eigenvalue weighted by Crippen LogP contribution is 2.48. The summed E-state index contributed by atoms with van der Waals surface area (Å²) >= 11 is 0. The maximum atomic E-state index is 13.8. The molecule has 1 aliphatic carbocycles. The minimum Gasteiger partial charge on any atom is -0.462 e. The molecule has 0 unspecified atom stereocenters. The Morgan fingerprint density at radius 3 is 2.63 bits per heavy atom. The number of nitrogens with zero attached hydrogens (tertiary/aromatic N) is 4. The van der Waals surface area contributed by atoms with E-state index in [1.165, 1.54) is 0 Å². The predicted molar refractivity (Wildman–Crippen MR) is 145 cm³/mol. The summed E-state index contributed by atoms with van der Waals surface area (Å²) in [6, 6.07) is 7.92. The number of hydrogen-bond acceptors (Lipinski definition) is 10. The van der Waals surface area contributed by atoms with Crippen molar-refractivity contribution < 1.29 is 23.1 Å². The number of carbonyl (C=O) groups is 1. The van der Waals surface area contributed by atoms with Gasteiger partial charge in [-0.15, -0.1) is 0 Å². The van der Waals surface area contributed by atoms with Crippen LogP contribution >= 0.6 is 7.75 Å². The Kier molecular flexibility index (Phi) is 8.54. The molecule has 2 heterocycles. The van der Waals surface area contributed by atoms with Gasteiger partial charge in [-0.1, -0.05) is 25.1 Å². The second kappa shape index (κ2) is 11.7. The van der Waals surface area contributed by atoms with Crippen LogP contribution in [0, 0.1) is 11.8 Å². The van der Waals surface area contributed by atoms with Gasteiger partial charge in [-0.25, -0.2) is 9.55 Å². The number of aromatic nitrogens is 4. The van der Waals surface area contributed by atoms with Crippen molar-refractivity contribution in [3.63, 3.8) is 0 Å². The van der Waals surface area contributed by atoms with E-state index in [4.69, 9.17) is 19.5 Å². The van der Waals surface area contributed by atoms with Crippen molar-refractivity contribution in [3.8, 4) is 5.75 Å². The van der Waals surface area contributed by atoms with E-state index in [0.717, 1.165) is 12.8 Å². The molecule has 0 bridgehead atoms. The molecule has 0 radical (unpaired) electrons. The molecule has 4 rings (SSSR count). The van der Waals surface area contributed by atoms with Crippen LogP contribution < -0.4 is 20.7 Å². The van der Waals surface area contributed by atoms with Gasteiger partial charge in [-0.2, -0.15) is 15.1 Å². The standard InChI is InChI=1S/C25H36N7O5P/c1-15(2)36-24(33)17(4)31-38(34,37-19-9-7-6-8-10-19)35-13-18-11-12-20(16(18)3)32-14-28-21-22(27-5)29-25(26)30-23(21)32/h6-10,14-18,20H,11-13H2,1-5H3,(H,31,34)(H3,26,27,29,30)/t16-,17-,18-,20-,38-/m0/s1. The molecule has 0 spiro atoms. The average molecular weight is 546 g/mol. The number of ether oxygens (including phenoxy) is 1. The van der Waals surface area contributed by atoms with Crippen LogP contribution in [0.15, 0.2) is 36.7 Å². The molecule has 206 valence electrons. The number of rotatable bonds is 11. The Hall–Kier alpha value is -3.21. The average Bonchev–Trinajstić information content (AvgIpc) is 3.45. The second-order valence-electron chi connectivity index (χ2n) is 9.80. The lowest BCUT2D eigenvalue weighted by Crippen LogP contribution is -2.36. The molecule has 0 aliphatic heterocycles. The fourth-order valence-electron chi connectivity index (χ4n) is 4.73. The topological polar surface area (TPSA) is 156 Å². The first-order chi connectivity index (χ1) is 18.1. The zero-order valence-corrected chi connectivity index (χ0v) is 23.2. The lowest BCUT2D eigenvalue weighted by atomic mass is 9.96. The quantitative estimate of drug-likeness (QED) is 0.235. The third-order valence-corrected chi connectivity index (χ3v) is 8.34. The highest BCUT2D eigenvalue weighted by atomic mass is 31.2. The predicted octanol–water partition coefficient (Wildman–Crippen LogP) is 4.17. The Balaban J connectivity index is 1.49. The second-order valence-corrected chi connectivity index (χ2v) is 11.5. The van der Waals surface area contributed by atoms with E-state index in [1.807, 2.05) is 10.6 Å². The summed E-state index contributed by atoms with van der Waals surface area (Å²) in [4.78, 5) is 25.5. The van der Waals surface area contributed by atoms with Gasteiger partial charge >= 0.3 is 13.7 Å². The molecule has 5 atom stereocenters. The number of fused-ring (bicyclic) bond motifs is 1. The van der Waals surface area contributed by atoms with Gasteiger partial charge in [0.05, 0.1) is 19.0 Å². The van der Waals surface area contributed by atoms with Crippen LogP contribution in [0.5, 0.6) is 5.75 Å². The zero-order chi connectivity index (χ0) is 27.4. The zero-order valence-electron chi connectivity index (χ0n) is 22.3. The van der Waals surface area contributed by atoms with Crippen LogP contribution in [0.4, 0.5) is 11.8 Å². The summed E-state index contributed by atoms with van der Waals surface area (Å²) in [7, 11) is -2.16. The van der Waals surface area contributed by atoms with Crippen LogP contribution in [-0.4, -0.2) is 51.3 Å². The summed E-state index contributed by atoms with van der Waals surface area (Å²) in [5.41, 5.74) is 7.25. The number of carbonyl (C=O) groups excluding carboxylic acids is 1. The molecule has 38 heavy (non-hydrogen) atoms. The third kappa shape index (κ3) is 6.25. The fourth-order valence-corrected chi connectivity index (χ4v) is 6.28. The molecule has 0 amide bonds. The molecule has 0 saturated heterocycles. The summed E-state index contributed by atoms with van der Waals surface area (Å²) in [5.74, 6) is 0.802. The number of hydrogen-bond donors (Lipinski definition) is 3. The van der Waals surface area contributed by atoms with Crippen molar-refractivity contribution in [2.45, 2.75) is 58.7 Å². The van der Waals surface area contributed by atoms with E-state index in [1.54, 1.807) is 58.4 Å². The van der Waals surface area contributed by atoms with Gasteiger partial charge in [0.25, 0.3) is 0 Å². The molecular weight excluding hydrogens is 509 g/mol. The van der Waals surface area contributed by atoms with Crippen LogP contribution in [0.3, 0.4) is 0 Å². The van der Waals surface area contributed by atoms with Crippen molar-refractivity contribution in [2.24, 2.45) is 11.8 Å². The molecule has 3 aromatic rings. The van der Waals surface area contributed by atoms with Crippen molar-refractivity contribution in [1.82, 2.24) is 24.6 Å². The molecule has 12 nitrogen and oxygen atoms in total. The number of nitrogen functional groups attached to an aromatic ring is 1. The molecule has 1 fully saturated rings. The Bertz CT molecular complexity index is 1300. The van der Waals surface area contributed by atoms with Crippen molar-refractivity contribution in [3.05, 3.63) is 36.7 Å². The first-order valence-electron chi connectivity index (χ1n) is 12.8. The highest BCUT2D eigenvalue weighted by Gasteiger charge is 2.39. The van der Waals surface area contributed by atoms with Crippen molar-refractivity contribution >= 4 is 36.6 Å². The van der Waals surface area contributed by atoms with Gasteiger partial charge in [0, 0.05) is 13.1 Å². The number of imidazole rings is 1. The van der Waals surface area contributed by atoms with Crippen LogP contribution in [0.2, 0.25) is 0 Å². The largest absolute Gasteiger partial charge is 0.462 e. The summed E-state index contributed by atoms with van der Waals surface area (Å²) in [6.07, 6.45) is 3.15. The van der Waals surface area contributed by atoms with Gasteiger partial charge in [-0.3, -0.25) is 9.32 Å². The van der Waals surface area contributed by atoms with Gasteiger partial charge in [-0.05, 0) is 57.6 Å². The first kappa shape index (κ1) is 27.8. The van der Waals surface area contributed by atoms with Crippen LogP contribution in [0.1, 0.15) is 46.6 Å². The molecule has 13 heteroatoms. The molecule has 1 aromatic carbocycles.